The van der Waals surface area contributed by atoms with Crippen molar-refractivity contribution in [1.29, 1.82) is 0 Å². The number of anilines is 2. The quantitative estimate of drug-likeness (QED) is 0.745. The lowest BCUT2D eigenvalue weighted by molar-refractivity contribution is 0.350. The van der Waals surface area contributed by atoms with Crippen molar-refractivity contribution >= 4 is 11.4 Å². The molecule has 0 amide bonds. The van der Waals surface area contributed by atoms with E-state index >= 15 is 0 Å². The molecule has 88 valence electrons. The van der Waals surface area contributed by atoms with Gasteiger partial charge in [-0.2, -0.15) is 0 Å². The Kier molecular flexibility index (Phi) is 2.83. The van der Waals surface area contributed by atoms with Gasteiger partial charge < -0.3 is 11.1 Å². The summed E-state index contributed by atoms with van der Waals surface area (Å²) < 4.78 is 0. The van der Waals surface area contributed by atoms with Gasteiger partial charge in [0, 0.05) is 17.4 Å². The second-order valence-corrected chi connectivity index (χ2v) is 5.65. The van der Waals surface area contributed by atoms with Crippen molar-refractivity contribution in [3.05, 3.63) is 23.8 Å². The first kappa shape index (κ1) is 11.3. The molecular weight excluding hydrogens is 196 g/mol. The highest BCUT2D eigenvalue weighted by molar-refractivity contribution is 5.57. The molecule has 2 heteroatoms. The van der Waals surface area contributed by atoms with Gasteiger partial charge in [-0.05, 0) is 48.9 Å². The number of hydrogen-bond donors (Lipinski definition) is 2. The van der Waals surface area contributed by atoms with Crippen LogP contribution in [0.1, 0.15) is 38.7 Å². The molecular formula is C14H22N2. The van der Waals surface area contributed by atoms with Crippen LogP contribution in [-0.4, -0.2) is 6.04 Å². The van der Waals surface area contributed by atoms with E-state index in [1.54, 1.807) is 0 Å². The molecule has 1 aromatic carbocycles. The Hall–Kier alpha value is -1.18. The lowest BCUT2D eigenvalue weighted by Gasteiger charge is -2.29. The van der Waals surface area contributed by atoms with Crippen molar-refractivity contribution in [3.8, 4) is 0 Å². The number of aryl methyl sites for hydroxylation is 1. The van der Waals surface area contributed by atoms with Crippen LogP contribution in [0.5, 0.6) is 0 Å². The minimum Gasteiger partial charge on any atom is -0.399 e. The van der Waals surface area contributed by atoms with E-state index in [1.165, 1.54) is 24.9 Å². The van der Waals surface area contributed by atoms with E-state index in [-0.39, 0.29) is 0 Å². The van der Waals surface area contributed by atoms with Crippen molar-refractivity contribution in [3.63, 3.8) is 0 Å². The third kappa shape index (κ3) is 2.16. The molecule has 0 saturated heterocycles. The van der Waals surface area contributed by atoms with Gasteiger partial charge in [0.05, 0.1) is 0 Å². The summed E-state index contributed by atoms with van der Waals surface area (Å²) in [5, 5.41) is 3.64. The summed E-state index contributed by atoms with van der Waals surface area (Å²) in [5.74, 6) is 0. The zero-order valence-electron chi connectivity index (χ0n) is 10.5. The summed E-state index contributed by atoms with van der Waals surface area (Å²) in [5.41, 5.74) is 9.46. The Morgan fingerprint density at radius 3 is 2.69 bits per heavy atom. The molecule has 1 fully saturated rings. The Bertz CT molecular complexity index is 382. The van der Waals surface area contributed by atoms with Crippen LogP contribution in [0.3, 0.4) is 0 Å². The molecule has 0 aromatic heterocycles. The average molecular weight is 218 g/mol. The van der Waals surface area contributed by atoms with Gasteiger partial charge in [-0.1, -0.05) is 20.3 Å². The van der Waals surface area contributed by atoms with E-state index in [0.717, 1.165) is 11.3 Å². The summed E-state index contributed by atoms with van der Waals surface area (Å²) in [6, 6.07) is 6.80. The van der Waals surface area contributed by atoms with Gasteiger partial charge >= 0.3 is 0 Å². The van der Waals surface area contributed by atoms with Crippen molar-refractivity contribution < 1.29 is 0 Å². The van der Waals surface area contributed by atoms with E-state index in [9.17, 15) is 0 Å². The number of nitrogen functional groups attached to an aromatic ring is 1. The van der Waals surface area contributed by atoms with Crippen molar-refractivity contribution in [1.82, 2.24) is 0 Å². The van der Waals surface area contributed by atoms with E-state index in [0.29, 0.717) is 11.5 Å². The first-order valence-corrected chi connectivity index (χ1v) is 6.12. The van der Waals surface area contributed by atoms with Crippen LogP contribution in [0.15, 0.2) is 18.2 Å². The summed E-state index contributed by atoms with van der Waals surface area (Å²) in [6.07, 6.45) is 3.92. The molecule has 2 rings (SSSR count). The van der Waals surface area contributed by atoms with Crippen molar-refractivity contribution in [2.45, 2.75) is 46.1 Å². The Morgan fingerprint density at radius 1 is 1.38 bits per heavy atom. The van der Waals surface area contributed by atoms with E-state index in [1.807, 2.05) is 6.07 Å². The third-order valence-electron chi connectivity index (χ3n) is 3.87. The second kappa shape index (κ2) is 4.00. The van der Waals surface area contributed by atoms with Crippen LogP contribution in [0.4, 0.5) is 11.4 Å². The first-order chi connectivity index (χ1) is 7.49. The Labute approximate surface area is 98.2 Å². The van der Waals surface area contributed by atoms with E-state index in [2.05, 4.69) is 38.2 Å². The highest BCUT2D eigenvalue weighted by Crippen LogP contribution is 2.39. The van der Waals surface area contributed by atoms with Gasteiger partial charge in [0.15, 0.2) is 0 Å². The standard InChI is InChI=1S/C14H22N2/c1-10-9-11(6-7-12(10)15)16-13-5-4-8-14(13,2)3/h6-7,9,13,16H,4-5,8,15H2,1-3H3. The van der Waals surface area contributed by atoms with Gasteiger partial charge in [-0.25, -0.2) is 0 Å². The highest BCUT2D eigenvalue weighted by atomic mass is 14.9. The lowest BCUT2D eigenvalue weighted by atomic mass is 9.87. The second-order valence-electron chi connectivity index (χ2n) is 5.65. The molecule has 1 aliphatic rings. The normalized spacial score (nSPS) is 23.3. The number of benzene rings is 1. The van der Waals surface area contributed by atoms with Crippen LogP contribution in [-0.2, 0) is 0 Å². The fourth-order valence-electron chi connectivity index (χ4n) is 2.56. The smallest absolute Gasteiger partial charge is 0.0346 e. The SMILES string of the molecule is Cc1cc(NC2CCCC2(C)C)ccc1N. The predicted molar refractivity (Wildman–Crippen MR) is 70.6 cm³/mol. The van der Waals surface area contributed by atoms with Crippen LogP contribution < -0.4 is 11.1 Å². The average Bonchev–Trinajstić information content (AvgIpc) is 2.52. The molecule has 0 spiro atoms. The van der Waals surface area contributed by atoms with Crippen LogP contribution in [0.2, 0.25) is 0 Å². The fraction of sp³-hybridized carbons (Fsp3) is 0.571. The molecule has 0 radical (unpaired) electrons. The zero-order valence-corrected chi connectivity index (χ0v) is 10.5. The van der Waals surface area contributed by atoms with Gasteiger partial charge in [-0.3, -0.25) is 0 Å². The van der Waals surface area contributed by atoms with Gasteiger partial charge in [0.2, 0.25) is 0 Å². The molecule has 0 aliphatic heterocycles. The predicted octanol–water partition coefficient (Wildman–Crippen LogP) is 3.57. The molecule has 2 nitrogen and oxygen atoms in total. The molecule has 1 aromatic rings. The van der Waals surface area contributed by atoms with Crippen molar-refractivity contribution in [2.75, 3.05) is 11.1 Å². The lowest BCUT2D eigenvalue weighted by Crippen LogP contribution is -2.30. The monoisotopic (exact) mass is 218 g/mol. The largest absolute Gasteiger partial charge is 0.399 e. The van der Waals surface area contributed by atoms with Gasteiger partial charge in [0.1, 0.15) is 0 Å². The van der Waals surface area contributed by atoms with E-state index in [4.69, 9.17) is 5.73 Å². The maximum Gasteiger partial charge on any atom is 0.0346 e. The number of rotatable bonds is 2. The van der Waals surface area contributed by atoms with Crippen LogP contribution >= 0.6 is 0 Å². The maximum absolute atomic E-state index is 5.82. The topological polar surface area (TPSA) is 38.0 Å². The maximum atomic E-state index is 5.82. The molecule has 0 bridgehead atoms. The van der Waals surface area contributed by atoms with Gasteiger partial charge in [-0.15, -0.1) is 0 Å². The molecule has 1 atom stereocenters. The highest BCUT2D eigenvalue weighted by Gasteiger charge is 2.34. The van der Waals surface area contributed by atoms with Gasteiger partial charge in [0.25, 0.3) is 0 Å². The summed E-state index contributed by atoms with van der Waals surface area (Å²) in [4.78, 5) is 0. The zero-order chi connectivity index (χ0) is 11.8. The Morgan fingerprint density at radius 2 is 2.12 bits per heavy atom. The third-order valence-corrected chi connectivity index (χ3v) is 3.87. The van der Waals surface area contributed by atoms with Crippen LogP contribution in [0, 0.1) is 12.3 Å². The molecule has 3 N–H and O–H groups in total. The summed E-state index contributed by atoms with van der Waals surface area (Å²) in [6.45, 7) is 6.75. The number of nitrogens with one attached hydrogen (secondary N) is 1. The Balaban J connectivity index is 2.12. The van der Waals surface area contributed by atoms with Crippen LogP contribution in [0.25, 0.3) is 0 Å². The van der Waals surface area contributed by atoms with E-state index < -0.39 is 0 Å². The molecule has 0 heterocycles. The summed E-state index contributed by atoms with van der Waals surface area (Å²) in [7, 11) is 0. The summed E-state index contributed by atoms with van der Waals surface area (Å²) >= 11 is 0. The number of hydrogen-bond acceptors (Lipinski definition) is 2. The molecule has 1 unspecified atom stereocenters. The first-order valence-electron chi connectivity index (χ1n) is 6.12. The molecule has 16 heavy (non-hydrogen) atoms. The minimum absolute atomic E-state index is 0.412. The fourth-order valence-corrected chi connectivity index (χ4v) is 2.56. The van der Waals surface area contributed by atoms with Crippen molar-refractivity contribution in [2.24, 2.45) is 5.41 Å². The molecule has 1 aliphatic carbocycles. The minimum atomic E-state index is 0.412. The number of nitrogens with two attached hydrogens (primary N) is 1. The molecule has 1 saturated carbocycles.